The summed E-state index contributed by atoms with van der Waals surface area (Å²) in [5.41, 5.74) is 0.532. The first-order valence-electron chi connectivity index (χ1n) is 5.43. The Balaban J connectivity index is 2.77. The maximum atomic E-state index is 12.1. The van der Waals surface area contributed by atoms with Crippen LogP contribution in [0, 0.1) is 0 Å². The quantitative estimate of drug-likeness (QED) is 0.875. The van der Waals surface area contributed by atoms with Crippen molar-refractivity contribution in [1.82, 2.24) is 10.2 Å². The molecular formula is C12H14Br2N2O2. The number of halogens is 2. The molecule has 0 heterocycles. The van der Waals surface area contributed by atoms with Crippen molar-refractivity contribution in [1.29, 1.82) is 0 Å². The van der Waals surface area contributed by atoms with E-state index < -0.39 is 0 Å². The molecule has 1 aromatic carbocycles. The minimum absolute atomic E-state index is 0.0508. The number of carbonyl (C=O) groups is 2. The summed E-state index contributed by atoms with van der Waals surface area (Å²) in [5, 5.41) is 2.65. The molecule has 1 rings (SSSR count). The second kappa shape index (κ2) is 6.89. The van der Waals surface area contributed by atoms with Crippen molar-refractivity contribution in [3.8, 4) is 0 Å². The minimum atomic E-state index is -0.194. The lowest BCUT2D eigenvalue weighted by Gasteiger charge is -2.17. The summed E-state index contributed by atoms with van der Waals surface area (Å²) in [6.45, 7) is 2.45. The summed E-state index contributed by atoms with van der Waals surface area (Å²) in [6, 6.07) is 5.30. The van der Waals surface area contributed by atoms with Crippen molar-refractivity contribution in [2.45, 2.75) is 6.92 Å². The van der Waals surface area contributed by atoms with E-state index in [2.05, 4.69) is 37.2 Å². The molecule has 0 atom stereocenters. The first kappa shape index (κ1) is 15.2. The monoisotopic (exact) mass is 376 g/mol. The van der Waals surface area contributed by atoms with Gasteiger partial charge in [-0.2, -0.15) is 0 Å². The largest absolute Gasteiger partial charge is 0.355 e. The zero-order chi connectivity index (χ0) is 13.7. The molecule has 98 valence electrons. The molecule has 4 nitrogen and oxygen atoms in total. The maximum absolute atomic E-state index is 12.1. The smallest absolute Gasteiger partial charge is 0.255 e. The fourth-order valence-electron chi connectivity index (χ4n) is 1.41. The molecule has 0 radical (unpaired) electrons. The van der Waals surface area contributed by atoms with E-state index in [1.54, 1.807) is 25.2 Å². The predicted molar refractivity (Wildman–Crippen MR) is 77.5 cm³/mol. The Morgan fingerprint density at radius 3 is 2.56 bits per heavy atom. The van der Waals surface area contributed by atoms with E-state index in [1.165, 1.54) is 4.90 Å². The number of amides is 2. The number of hydrogen-bond donors (Lipinski definition) is 1. The predicted octanol–water partition coefficient (Wildman–Crippen LogP) is 2.42. The highest BCUT2D eigenvalue weighted by Crippen LogP contribution is 2.22. The molecule has 1 aromatic rings. The standard InChI is InChI=1S/C12H14Br2N2O2/c1-3-15-11(17)7-16(2)12(18)9-5-4-8(13)6-10(9)14/h4-6H,3,7H2,1-2H3,(H,15,17). The van der Waals surface area contributed by atoms with Gasteiger partial charge in [0.1, 0.15) is 0 Å². The maximum Gasteiger partial charge on any atom is 0.255 e. The molecule has 0 aliphatic carbocycles. The molecule has 0 aliphatic rings. The molecule has 0 saturated carbocycles. The van der Waals surface area contributed by atoms with Crippen molar-refractivity contribution in [2.75, 3.05) is 20.1 Å². The molecule has 0 aliphatic heterocycles. The molecule has 6 heteroatoms. The van der Waals surface area contributed by atoms with Crippen LogP contribution in [0.5, 0.6) is 0 Å². The third-order valence-electron chi connectivity index (χ3n) is 2.26. The van der Waals surface area contributed by atoms with Gasteiger partial charge in [-0.05, 0) is 41.1 Å². The van der Waals surface area contributed by atoms with E-state index in [9.17, 15) is 9.59 Å². The Bertz CT molecular complexity index is 463. The molecule has 0 saturated heterocycles. The van der Waals surface area contributed by atoms with Crippen LogP contribution in [0.15, 0.2) is 27.1 Å². The van der Waals surface area contributed by atoms with Crippen LogP contribution < -0.4 is 5.32 Å². The average molecular weight is 378 g/mol. The molecule has 0 spiro atoms. The Kier molecular flexibility index (Phi) is 5.81. The summed E-state index contributed by atoms with van der Waals surface area (Å²) in [7, 11) is 1.60. The number of rotatable bonds is 4. The number of carbonyl (C=O) groups excluding carboxylic acids is 2. The van der Waals surface area contributed by atoms with Gasteiger partial charge in [0.05, 0.1) is 12.1 Å². The molecule has 1 N–H and O–H groups in total. The number of nitrogens with zero attached hydrogens (tertiary/aromatic N) is 1. The highest BCUT2D eigenvalue weighted by molar-refractivity contribution is 9.11. The number of likely N-dealkylation sites (N-methyl/N-ethyl adjacent to an activating group) is 2. The lowest BCUT2D eigenvalue weighted by molar-refractivity contribution is -0.121. The van der Waals surface area contributed by atoms with Gasteiger partial charge >= 0.3 is 0 Å². The van der Waals surface area contributed by atoms with Gasteiger partial charge in [-0.15, -0.1) is 0 Å². The summed E-state index contributed by atoms with van der Waals surface area (Å²) in [5.74, 6) is -0.359. The van der Waals surface area contributed by atoms with Gasteiger partial charge in [0.2, 0.25) is 5.91 Å². The van der Waals surface area contributed by atoms with E-state index in [0.717, 1.165) is 4.47 Å². The summed E-state index contributed by atoms with van der Waals surface area (Å²) < 4.78 is 1.59. The summed E-state index contributed by atoms with van der Waals surface area (Å²) in [6.07, 6.45) is 0. The second-order valence-electron chi connectivity index (χ2n) is 3.74. The van der Waals surface area contributed by atoms with Crippen LogP contribution in [0.4, 0.5) is 0 Å². The molecule has 0 unspecified atom stereocenters. The lowest BCUT2D eigenvalue weighted by Crippen LogP contribution is -2.38. The fraction of sp³-hybridized carbons (Fsp3) is 0.333. The van der Waals surface area contributed by atoms with Crippen LogP contribution in [0.1, 0.15) is 17.3 Å². The van der Waals surface area contributed by atoms with Crippen LogP contribution in [0.3, 0.4) is 0 Å². The van der Waals surface area contributed by atoms with Gasteiger partial charge in [0.25, 0.3) is 5.91 Å². The normalized spacial score (nSPS) is 10.0. The molecule has 0 aromatic heterocycles. The van der Waals surface area contributed by atoms with Crippen molar-refractivity contribution in [3.63, 3.8) is 0 Å². The third kappa shape index (κ3) is 4.10. The van der Waals surface area contributed by atoms with Gasteiger partial charge in [-0.25, -0.2) is 0 Å². The summed E-state index contributed by atoms with van der Waals surface area (Å²) >= 11 is 6.66. The first-order valence-corrected chi connectivity index (χ1v) is 7.01. The van der Waals surface area contributed by atoms with Crippen LogP contribution in [-0.4, -0.2) is 36.9 Å². The van der Waals surface area contributed by atoms with Crippen LogP contribution in [-0.2, 0) is 4.79 Å². The van der Waals surface area contributed by atoms with Crippen molar-refractivity contribution < 1.29 is 9.59 Å². The van der Waals surface area contributed by atoms with Crippen LogP contribution in [0.2, 0.25) is 0 Å². The van der Waals surface area contributed by atoms with Gasteiger partial charge < -0.3 is 10.2 Å². The summed E-state index contributed by atoms with van der Waals surface area (Å²) in [4.78, 5) is 24.9. The molecular weight excluding hydrogens is 364 g/mol. The van der Waals surface area contributed by atoms with Crippen molar-refractivity contribution >= 4 is 43.7 Å². The zero-order valence-corrected chi connectivity index (χ0v) is 13.3. The third-order valence-corrected chi connectivity index (χ3v) is 3.41. The SMILES string of the molecule is CCNC(=O)CN(C)C(=O)c1ccc(Br)cc1Br. The number of benzene rings is 1. The van der Waals surface area contributed by atoms with E-state index in [0.29, 0.717) is 16.6 Å². The lowest BCUT2D eigenvalue weighted by atomic mass is 10.2. The van der Waals surface area contributed by atoms with E-state index in [1.807, 2.05) is 6.92 Å². The van der Waals surface area contributed by atoms with Crippen molar-refractivity contribution in [2.24, 2.45) is 0 Å². The number of hydrogen-bond acceptors (Lipinski definition) is 2. The fourth-order valence-corrected chi connectivity index (χ4v) is 2.63. The van der Waals surface area contributed by atoms with Crippen LogP contribution >= 0.6 is 31.9 Å². The van der Waals surface area contributed by atoms with E-state index >= 15 is 0 Å². The van der Waals surface area contributed by atoms with E-state index in [-0.39, 0.29) is 18.4 Å². The Morgan fingerprint density at radius 1 is 1.33 bits per heavy atom. The van der Waals surface area contributed by atoms with Crippen LogP contribution in [0.25, 0.3) is 0 Å². The molecule has 18 heavy (non-hydrogen) atoms. The van der Waals surface area contributed by atoms with Crippen molar-refractivity contribution in [3.05, 3.63) is 32.7 Å². The van der Waals surface area contributed by atoms with Gasteiger partial charge in [-0.1, -0.05) is 15.9 Å². The zero-order valence-electron chi connectivity index (χ0n) is 10.2. The van der Waals surface area contributed by atoms with Gasteiger partial charge in [-0.3, -0.25) is 9.59 Å². The highest BCUT2D eigenvalue weighted by atomic mass is 79.9. The minimum Gasteiger partial charge on any atom is -0.355 e. The van der Waals surface area contributed by atoms with E-state index in [4.69, 9.17) is 0 Å². The second-order valence-corrected chi connectivity index (χ2v) is 5.51. The Hall–Kier alpha value is -0.880. The highest BCUT2D eigenvalue weighted by Gasteiger charge is 2.17. The Morgan fingerprint density at radius 2 is 2.00 bits per heavy atom. The molecule has 0 fully saturated rings. The topological polar surface area (TPSA) is 49.4 Å². The molecule has 0 bridgehead atoms. The Labute approximate surface area is 123 Å². The van der Waals surface area contributed by atoms with Gasteiger partial charge in [0, 0.05) is 22.5 Å². The number of nitrogens with one attached hydrogen (secondary N) is 1. The van der Waals surface area contributed by atoms with Gasteiger partial charge in [0.15, 0.2) is 0 Å². The average Bonchev–Trinajstić information content (AvgIpc) is 2.28. The first-order chi connectivity index (χ1) is 8.45. The molecule has 2 amide bonds.